The highest BCUT2D eigenvalue weighted by Crippen LogP contribution is 2.24. The van der Waals surface area contributed by atoms with Gasteiger partial charge in [-0.3, -0.25) is 0 Å². The number of halogens is 1. The summed E-state index contributed by atoms with van der Waals surface area (Å²) in [6.45, 7) is 8.11. The summed E-state index contributed by atoms with van der Waals surface area (Å²) in [5, 5.41) is 6.52. The maximum atomic E-state index is 5.89. The monoisotopic (exact) mass is 371 g/mol. The first-order chi connectivity index (χ1) is 10.6. The molecule has 22 heavy (non-hydrogen) atoms. The van der Waals surface area contributed by atoms with E-state index in [1.807, 2.05) is 38.1 Å². The van der Waals surface area contributed by atoms with Gasteiger partial charge in [0, 0.05) is 19.7 Å². The first-order valence-corrected chi connectivity index (χ1v) is 8.31. The average molecular weight is 372 g/mol. The van der Waals surface area contributed by atoms with Crippen LogP contribution in [0.2, 0.25) is 0 Å². The lowest BCUT2D eigenvalue weighted by Gasteiger charge is -2.18. The fourth-order valence-corrected chi connectivity index (χ4v) is 2.24. The second-order valence-corrected chi connectivity index (χ2v) is 5.93. The number of ether oxygens (including phenoxy) is 2. The van der Waals surface area contributed by atoms with Crippen LogP contribution in [-0.4, -0.2) is 44.9 Å². The molecular formula is C16H26BrN3O2. The zero-order valence-corrected chi connectivity index (χ0v) is 15.3. The maximum Gasteiger partial charge on any atom is 0.191 e. The van der Waals surface area contributed by atoms with Gasteiger partial charge in [0.2, 0.25) is 0 Å². The zero-order chi connectivity index (χ0) is 16.4. The van der Waals surface area contributed by atoms with Gasteiger partial charge in [-0.25, -0.2) is 4.99 Å². The number of para-hydroxylation sites is 1. The number of guanidine groups is 1. The van der Waals surface area contributed by atoms with Crippen molar-refractivity contribution in [3.63, 3.8) is 0 Å². The molecule has 0 radical (unpaired) electrons. The lowest BCUT2D eigenvalue weighted by molar-refractivity contribution is 0.179. The van der Waals surface area contributed by atoms with Gasteiger partial charge in [0.05, 0.1) is 17.6 Å². The number of rotatable bonds is 8. The van der Waals surface area contributed by atoms with Gasteiger partial charge < -0.3 is 20.1 Å². The van der Waals surface area contributed by atoms with E-state index < -0.39 is 0 Å². The third-order valence-electron chi connectivity index (χ3n) is 2.82. The van der Waals surface area contributed by atoms with Crippen LogP contribution in [0.3, 0.4) is 0 Å². The molecule has 5 nitrogen and oxygen atoms in total. The standard InChI is InChI=1S/C16H26BrN3O2/c1-5-18-16(20-12(2)11-21-4)19-10-13(3)22-15-9-7-6-8-14(15)17/h6-9,12-13H,5,10-11H2,1-4H3,(H2,18,19,20). The maximum absolute atomic E-state index is 5.89. The summed E-state index contributed by atoms with van der Waals surface area (Å²) in [7, 11) is 1.69. The molecule has 1 aromatic carbocycles. The second-order valence-electron chi connectivity index (χ2n) is 5.08. The van der Waals surface area contributed by atoms with Crippen molar-refractivity contribution >= 4 is 21.9 Å². The molecule has 0 aromatic heterocycles. The molecular weight excluding hydrogens is 346 g/mol. The van der Waals surface area contributed by atoms with Gasteiger partial charge in [-0.1, -0.05) is 12.1 Å². The molecule has 0 aliphatic heterocycles. The predicted molar refractivity (Wildman–Crippen MR) is 94.7 cm³/mol. The van der Waals surface area contributed by atoms with E-state index in [1.165, 1.54) is 0 Å². The van der Waals surface area contributed by atoms with Gasteiger partial charge in [0.15, 0.2) is 5.96 Å². The fraction of sp³-hybridized carbons (Fsp3) is 0.562. The SMILES string of the molecule is CCNC(=NCC(C)Oc1ccccc1Br)NC(C)COC. The minimum absolute atomic E-state index is 0.0214. The van der Waals surface area contributed by atoms with E-state index in [0.29, 0.717) is 13.2 Å². The zero-order valence-electron chi connectivity index (χ0n) is 13.7. The van der Waals surface area contributed by atoms with Gasteiger partial charge in [-0.2, -0.15) is 0 Å². The van der Waals surface area contributed by atoms with Crippen molar-refractivity contribution in [2.24, 2.45) is 4.99 Å². The Morgan fingerprint density at radius 3 is 2.68 bits per heavy atom. The Morgan fingerprint density at radius 2 is 2.05 bits per heavy atom. The minimum atomic E-state index is -0.0214. The third kappa shape index (κ3) is 7.13. The second kappa shape index (κ2) is 10.5. The highest BCUT2D eigenvalue weighted by molar-refractivity contribution is 9.10. The molecule has 0 spiro atoms. The molecule has 0 amide bonds. The van der Waals surface area contributed by atoms with Crippen molar-refractivity contribution in [3.8, 4) is 5.75 Å². The number of nitrogens with zero attached hydrogens (tertiary/aromatic N) is 1. The van der Waals surface area contributed by atoms with Gasteiger partial charge in [-0.05, 0) is 48.8 Å². The number of aliphatic imine (C=N–C) groups is 1. The topological polar surface area (TPSA) is 54.9 Å². The molecule has 1 aromatic rings. The number of benzene rings is 1. The van der Waals surface area contributed by atoms with Crippen molar-refractivity contribution in [1.29, 1.82) is 0 Å². The Hall–Kier alpha value is -1.27. The predicted octanol–water partition coefficient (Wildman–Crippen LogP) is 2.81. The molecule has 0 aliphatic carbocycles. The Morgan fingerprint density at radius 1 is 1.32 bits per heavy atom. The van der Waals surface area contributed by atoms with Crippen LogP contribution in [0, 0.1) is 0 Å². The van der Waals surface area contributed by atoms with Crippen LogP contribution in [0.1, 0.15) is 20.8 Å². The third-order valence-corrected chi connectivity index (χ3v) is 3.47. The van der Waals surface area contributed by atoms with E-state index in [1.54, 1.807) is 7.11 Å². The quantitative estimate of drug-likeness (QED) is 0.544. The summed E-state index contributed by atoms with van der Waals surface area (Å²) in [5.74, 6) is 1.60. The van der Waals surface area contributed by atoms with Crippen LogP contribution in [0.4, 0.5) is 0 Å². The van der Waals surface area contributed by atoms with Crippen LogP contribution < -0.4 is 15.4 Å². The number of methoxy groups -OCH3 is 1. The van der Waals surface area contributed by atoms with E-state index in [2.05, 4.69) is 38.5 Å². The van der Waals surface area contributed by atoms with Crippen LogP contribution in [0.15, 0.2) is 33.7 Å². The average Bonchev–Trinajstić information content (AvgIpc) is 2.48. The number of hydrogen-bond acceptors (Lipinski definition) is 3. The first-order valence-electron chi connectivity index (χ1n) is 7.51. The van der Waals surface area contributed by atoms with E-state index in [4.69, 9.17) is 9.47 Å². The van der Waals surface area contributed by atoms with Crippen LogP contribution in [0.25, 0.3) is 0 Å². The van der Waals surface area contributed by atoms with Gasteiger partial charge in [0.25, 0.3) is 0 Å². The van der Waals surface area contributed by atoms with E-state index in [9.17, 15) is 0 Å². The lowest BCUT2D eigenvalue weighted by Crippen LogP contribution is -2.44. The summed E-state index contributed by atoms with van der Waals surface area (Å²) < 4.78 is 12.0. The highest BCUT2D eigenvalue weighted by Gasteiger charge is 2.08. The molecule has 0 fully saturated rings. The Bertz CT molecular complexity index is 468. The van der Waals surface area contributed by atoms with Gasteiger partial charge >= 0.3 is 0 Å². The van der Waals surface area contributed by atoms with E-state index in [0.717, 1.165) is 22.7 Å². The summed E-state index contributed by atoms with van der Waals surface area (Å²) in [6, 6.07) is 8.01. The number of hydrogen-bond donors (Lipinski definition) is 2. The number of nitrogens with one attached hydrogen (secondary N) is 2. The Kier molecular flexibility index (Phi) is 8.92. The molecule has 0 saturated carbocycles. The largest absolute Gasteiger partial charge is 0.488 e. The fourth-order valence-electron chi connectivity index (χ4n) is 1.86. The minimum Gasteiger partial charge on any atom is -0.488 e. The molecule has 2 atom stereocenters. The molecule has 2 unspecified atom stereocenters. The van der Waals surface area contributed by atoms with Crippen LogP contribution >= 0.6 is 15.9 Å². The molecule has 124 valence electrons. The van der Waals surface area contributed by atoms with Crippen molar-refractivity contribution in [1.82, 2.24) is 10.6 Å². The van der Waals surface area contributed by atoms with Crippen LogP contribution in [-0.2, 0) is 4.74 Å². The smallest absolute Gasteiger partial charge is 0.191 e. The molecule has 0 saturated heterocycles. The molecule has 0 heterocycles. The summed E-state index contributed by atoms with van der Waals surface area (Å²) in [4.78, 5) is 4.56. The summed E-state index contributed by atoms with van der Waals surface area (Å²) >= 11 is 3.48. The van der Waals surface area contributed by atoms with Crippen molar-refractivity contribution in [2.75, 3.05) is 26.8 Å². The molecule has 1 rings (SSSR count). The molecule has 6 heteroatoms. The van der Waals surface area contributed by atoms with E-state index in [-0.39, 0.29) is 12.1 Å². The normalized spacial score (nSPS) is 14.3. The summed E-state index contributed by atoms with van der Waals surface area (Å²) in [5.41, 5.74) is 0. The Labute approximate surface area is 141 Å². The Balaban J connectivity index is 2.55. The highest BCUT2D eigenvalue weighted by atomic mass is 79.9. The molecule has 2 N–H and O–H groups in total. The van der Waals surface area contributed by atoms with Gasteiger partial charge in [0.1, 0.15) is 11.9 Å². The molecule has 0 aliphatic rings. The van der Waals surface area contributed by atoms with E-state index >= 15 is 0 Å². The van der Waals surface area contributed by atoms with Crippen LogP contribution in [0.5, 0.6) is 5.75 Å². The first kappa shape index (κ1) is 18.8. The van der Waals surface area contributed by atoms with Crippen molar-refractivity contribution in [2.45, 2.75) is 32.9 Å². The summed E-state index contributed by atoms with van der Waals surface area (Å²) in [6.07, 6.45) is -0.0214. The lowest BCUT2D eigenvalue weighted by atomic mass is 10.3. The van der Waals surface area contributed by atoms with Crippen molar-refractivity contribution < 1.29 is 9.47 Å². The van der Waals surface area contributed by atoms with Gasteiger partial charge in [-0.15, -0.1) is 0 Å². The van der Waals surface area contributed by atoms with Crippen molar-refractivity contribution in [3.05, 3.63) is 28.7 Å². The molecule has 0 bridgehead atoms.